The average Bonchev–Trinajstić information content (AvgIpc) is 3.33. The molecule has 1 amide bonds. The summed E-state index contributed by atoms with van der Waals surface area (Å²) in [6.45, 7) is 6.51. The van der Waals surface area contributed by atoms with Gasteiger partial charge in [-0.05, 0) is 60.8 Å². The summed E-state index contributed by atoms with van der Waals surface area (Å²) in [6.07, 6.45) is 0.671. The van der Waals surface area contributed by atoms with Gasteiger partial charge in [-0.1, -0.05) is 47.5 Å². The molecule has 1 aliphatic heterocycles. The van der Waals surface area contributed by atoms with E-state index in [2.05, 4.69) is 62.9 Å². The van der Waals surface area contributed by atoms with Crippen molar-refractivity contribution < 1.29 is 9.90 Å². The van der Waals surface area contributed by atoms with Gasteiger partial charge in [-0.2, -0.15) is 9.97 Å². The summed E-state index contributed by atoms with van der Waals surface area (Å²) in [6, 6.07) is 16.2. The predicted octanol–water partition coefficient (Wildman–Crippen LogP) is 6.08. The minimum Gasteiger partial charge on any atom is -0.465 e. The molecule has 4 aromatic rings. The van der Waals surface area contributed by atoms with E-state index in [1.54, 1.807) is 6.33 Å². The molecule has 1 fully saturated rings. The van der Waals surface area contributed by atoms with Crippen LogP contribution in [0.1, 0.15) is 31.0 Å². The van der Waals surface area contributed by atoms with Crippen LogP contribution in [0.3, 0.4) is 0 Å². The second kappa shape index (κ2) is 11.8. The van der Waals surface area contributed by atoms with Gasteiger partial charge in [0.15, 0.2) is 17.0 Å². The first-order valence-corrected chi connectivity index (χ1v) is 14.1. The van der Waals surface area contributed by atoms with Crippen LogP contribution in [0.5, 0.6) is 0 Å². The second-order valence-electron chi connectivity index (χ2n) is 10.2. The van der Waals surface area contributed by atoms with Gasteiger partial charge in [0, 0.05) is 55.4 Å². The van der Waals surface area contributed by atoms with E-state index in [-0.39, 0.29) is 23.4 Å². The van der Waals surface area contributed by atoms with Gasteiger partial charge in [0.1, 0.15) is 0 Å². The molecule has 210 valence electrons. The highest BCUT2D eigenvalue weighted by Gasteiger charge is 2.36. The molecule has 0 spiro atoms. The van der Waals surface area contributed by atoms with Crippen LogP contribution in [0, 0.1) is 0 Å². The normalized spacial score (nSPS) is 18.0. The third-order valence-electron chi connectivity index (χ3n) is 7.43. The van der Waals surface area contributed by atoms with Gasteiger partial charge in [0.05, 0.1) is 12.4 Å². The number of hydrogen-bond donors (Lipinski definition) is 1. The molecule has 1 N–H and O–H groups in total. The highest BCUT2D eigenvalue weighted by molar-refractivity contribution is 6.30. The predicted molar refractivity (Wildman–Crippen MR) is 159 cm³/mol. The number of fused-ring (bicyclic) bond motifs is 1. The molecule has 9 nitrogen and oxygen atoms in total. The van der Waals surface area contributed by atoms with Crippen molar-refractivity contribution in [2.45, 2.75) is 38.5 Å². The fourth-order valence-electron chi connectivity index (χ4n) is 5.29. The van der Waals surface area contributed by atoms with Crippen LogP contribution in [-0.2, 0) is 6.54 Å². The molecule has 0 radical (unpaired) electrons. The highest BCUT2D eigenvalue weighted by Crippen LogP contribution is 2.36. The lowest BCUT2D eigenvalue weighted by molar-refractivity contribution is 0.129. The van der Waals surface area contributed by atoms with Crippen molar-refractivity contribution in [2.24, 2.45) is 0 Å². The van der Waals surface area contributed by atoms with Gasteiger partial charge >= 0.3 is 6.09 Å². The number of anilines is 1. The fraction of sp³-hybridized carbons (Fsp3) is 0.357. The second-order valence-corrected chi connectivity index (χ2v) is 11.4. The Kier molecular flexibility index (Phi) is 8.37. The molecule has 3 heterocycles. The Labute approximate surface area is 247 Å². The summed E-state index contributed by atoms with van der Waals surface area (Å²) < 4.78 is 1.81. The molecule has 12 heteroatoms. The van der Waals surface area contributed by atoms with Gasteiger partial charge in [0.25, 0.3) is 0 Å². The molecule has 2 aromatic carbocycles. The Balaban J connectivity index is 1.45. The zero-order valence-corrected chi connectivity index (χ0v) is 24.6. The maximum Gasteiger partial charge on any atom is 0.407 e. The minimum absolute atomic E-state index is 0.00794. The van der Waals surface area contributed by atoms with E-state index in [1.165, 1.54) is 11.9 Å². The van der Waals surface area contributed by atoms with E-state index < -0.39 is 6.09 Å². The molecule has 0 unspecified atom stereocenters. The van der Waals surface area contributed by atoms with Crippen molar-refractivity contribution in [2.75, 3.05) is 31.6 Å². The van der Waals surface area contributed by atoms with Gasteiger partial charge in [-0.25, -0.2) is 9.78 Å². The van der Waals surface area contributed by atoms with Gasteiger partial charge in [-0.3, -0.25) is 4.90 Å². The third-order valence-corrected chi connectivity index (χ3v) is 8.10. The Morgan fingerprint density at radius 1 is 0.975 bits per heavy atom. The first kappa shape index (κ1) is 28.4. The van der Waals surface area contributed by atoms with Crippen LogP contribution in [0.2, 0.25) is 15.3 Å². The van der Waals surface area contributed by atoms with Crippen molar-refractivity contribution >= 4 is 57.9 Å². The summed E-state index contributed by atoms with van der Waals surface area (Å²) >= 11 is 18.9. The van der Waals surface area contributed by atoms with Crippen LogP contribution in [0.25, 0.3) is 11.2 Å². The number of likely N-dealkylation sites (N-methyl/N-ethyl adjacent to an activating group) is 1. The van der Waals surface area contributed by atoms with Crippen molar-refractivity contribution in [1.82, 2.24) is 29.3 Å². The highest BCUT2D eigenvalue weighted by atomic mass is 35.5. The molecule has 0 bridgehead atoms. The number of nitrogens with zero attached hydrogens (tertiary/aromatic N) is 7. The summed E-state index contributed by atoms with van der Waals surface area (Å²) in [5, 5.41) is 10.7. The van der Waals surface area contributed by atoms with Crippen molar-refractivity contribution in [3.63, 3.8) is 0 Å². The Morgan fingerprint density at radius 2 is 1.57 bits per heavy atom. The standard InChI is InChI=1S/C28H30Cl3N7O2/c1-17-15-38(26-23-25(33-27(31)34-26)36(16-32-23)13-12-35(3)28(39)40)18(2)14-37(17)24(19-4-8-21(29)9-5-19)20-6-10-22(30)11-7-20/h4-11,16-18,24H,12-15H2,1-3H3,(H,39,40)/t17-,18+/m1/s1. The van der Waals surface area contributed by atoms with E-state index in [9.17, 15) is 9.90 Å². The number of rotatable bonds is 7. The van der Waals surface area contributed by atoms with Crippen LogP contribution < -0.4 is 4.90 Å². The molecular formula is C28H30Cl3N7O2. The van der Waals surface area contributed by atoms with E-state index >= 15 is 0 Å². The molecule has 2 aromatic heterocycles. The smallest absolute Gasteiger partial charge is 0.407 e. The molecule has 2 atom stereocenters. The maximum absolute atomic E-state index is 11.2. The summed E-state index contributed by atoms with van der Waals surface area (Å²) in [5.41, 5.74) is 3.52. The number of aromatic nitrogens is 4. The quantitative estimate of drug-likeness (QED) is 0.256. The number of piperazine rings is 1. The lowest BCUT2D eigenvalue weighted by Gasteiger charge is -2.48. The number of hydrogen-bond acceptors (Lipinski definition) is 6. The van der Waals surface area contributed by atoms with Crippen molar-refractivity contribution in [1.29, 1.82) is 0 Å². The van der Waals surface area contributed by atoms with E-state index in [0.29, 0.717) is 46.7 Å². The number of amides is 1. The Bertz CT molecular complexity index is 1450. The Hall–Kier alpha value is -3.11. The zero-order valence-electron chi connectivity index (χ0n) is 22.4. The lowest BCUT2D eigenvalue weighted by atomic mass is 9.93. The number of halogens is 3. The molecular weight excluding hydrogens is 573 g/mol. The Morgan fingerprint density at radius 3 is 2.15 bits per heavy atom. The third kappa shape index (κ3) is 5.83. The van der Waals surface area contributed by atoms with Crippen LogP contribution in [0.15, 0.2) is 54.9 Å². The molecule has 0 aliphatic carbocycles. The van der Waals surface area contributed by atoms with Crippen LogP contribution in [-0.4, -0.2) is 79.3 Å². The number of carbonyl (C=O) groups is 1. The monoisotopic (exact) mass is 601 g/mol. The minimum atomic E-state index is -0.992. The first-order chi connectivity index (χ1) is 19.1. The van der Waals surface area contributed by atoms with E-state index in [0.717, 1.165) is 17.7 Å². The first-order valence-electron chi connectivity index (χ1n) is 13.0. The van der Waals surface area contributed by atoms with E-state index in [4.69, 9.17) is 34.8 Å². The van der Waals surface area contributed by atoms with Gasteiger partial charge in [0.2, 0.25) is 5.28 Å². The summed E-state index contributed by atoms with van der Waals surface area (Å²) in [4.78, 5) is 30.8. The molecule has 1 saturated heterocycles. The average molecular weight is 603 g/mol. The van der Waals surface area contributed by atoms with Crippen LogP contribution in [0.4, 0.5) is 10.6 Å². The molecule has 1 aliphatic rings. The number of imidazole rings is 1. The zero-order chi connectivity index (χ0) is 28.6. The number of carboxylic acid groups (broad SMARTS) is 1. The summed E-state index contributed by atoms with van der Waals surface area (Å²) in [7, 11) is 1.53. The largest absolute Gasteiger partial charge is 0.465 e. The van der Waals surface area contributed by atoms with Gasteiger partial charge in [-0.15, -0.1) is 0 Å². The SMILES string of the molecule is C[C@@H]1CN(c2nc(Cl)nc3c2ncn3CCN(C)C(=O)O)[C@@H](C)CN1C(c1ccc(Cl)cc1)c1ccc(Cl)cc1. The van der Waals surface area contributed by atoms with E-state index in [1.807, 2.05) is 28.8 Å². The lowest BCUT2D eigenvalue weighted by Crippen LogP contribution is -2.57. The van der Waals surface area contributed by atoms with Crippen molar-refractivity contribution in [3.05, 3.63) is 81.3 Å². The van der Waals surface area contributed by atoms with Crippen molar-refractivity contribution in [3.8, 4) is 0 Å². The fourth-order valence-corrected chi connectivity index (χ4v) is 5.71. The molecule has 40 heavy (non-hydrogen) atoms. The van der Waals surface area contributed by atoms with Crippen LogP contribution >= 0.6 is 34.8 Å². The molecule has 5 rings (SSSR count). The molecule has 0 saturated carbocycles. The number of benzene rings is 2. The summed E-state index contributed by atoms with van der Waals surface area (Å²) in [5.74, 6) is 0.675. The topological polar surface area (TPSA) is 90.6 Å². The van der Waals surface area contributed by atoms with Gasteiger partial charge < -0.3 is 19.5 Å². The maximum atomic E-state index is 11.2.